The molecule has 0 bridgehead atoms. The highest BCUT2D eigenvalue weighted by atomic mass is 16.3. The standard InChI is InChI=1S/C9H13NO/c1-6-5-10-9-7(6)3-2-4-8(9)11/h5,8,10-11H,2-4H2,1H3. The van der Waals surface area contributed by atoms with E-state index in [1.165, 1.54) is 11.1 Å². The number of aliphatic hydroxyl groups is 1. The van der Waals surface area contributed by atoms with Crippen LogP contribution >= 0.6 is 0 Å². The molecule has 2 nitrogen and oxygen atoms in total. The molecule has 2 rings (SSSR count). The fourth-order valence-corrected chi connectivity index (χ4v) is 1.82. The van der Waals surface area contributed by atoms with Crippen LogP contribution in [-0.4, -0.2) is 10.1 Å². The van der Waals surface area contributed by atoms with Gasteiger partial charge < -0.3 is 10.1 Å². The molecule has 1 unspecified atom stereocenters. The number of hydrogen-bond donors (Lipinski definition) is 2. The van der Waals surface area contributed by atoms with Gasteiger partial charge in [-0.1, -0.05) is 0 Å². The molecule has 0 aromatic carbocycles. The van der Waals surface area contributed by atoms with Crippen molar-refractivity contribution in [3.8, 4) is 0 Å². The maximum atomic E-state index is 9.54. The van der Waals surface area contributed by atoms with E-state index in [0.717, 1.165) is 25.0 Å². The van der Waals surface area contributed by atoms with Gasteiger partial charge in [-0.2, -0.15) is 0 Å². The monoisotopic (exact) mass is 151 g/mol. The molecule has 0 saturated heterocycles. The van der Waals surface area contributed by atoms with Crippen molar-refractivity contribution < 1.29 is 5.11 Å². The summed E-state index contributed by atoms with van der Waals surface area (Å²) in [5.41, 5.74) is 3.68. The third kappa shape index (κ3) is 0.979. The van der Waals surface area contributed by atoms with Crippen LogP contribution in [0, 0.1) is 6.92 Å². The number of H-pyrrole nitrogens is 1. The fourth-order valence-electron chi connectivity index (χ4n) is 1.82. The van der Waals surface area contributed by atoms with E-state index in [-0.39, 0.29) is 6.10 Å². The maximum Gasteiger partial charge on any atom is 0.0940 e. The first-order valence-electron chi connectivity index (χ1n) is 4.14. The van der Waals surface area contributed by atoms with E-state index >= 15 is 0 Å². The van der Waals surface area contributed by atoms with Crippen molar-refractivity contribution in [2.75, 3.05) is 0 Å². The van der Waals surface area contributed by atoms with Crippen LogP contribution in [0.2, 0.25) is 0 Å². The van der Waals surface area contributed by atoms with Gasteiger partial charge in [0, 0.05) is 11.9 Å². The summed E-state index contributed by atoms with van der Waals surface area (Å²) in [6, 6.07) is 0. The molecule has 11 heavy (non-hydrogen) atoms. The van der Waals surface area contributed by atoms with Gasteiger partial charge in [-0.3, -0.25) is 0 Å². The lowest BCUT2D eigenvalue weighted by Gasteiger charge is -2.17. The average molecular weight is 151 g/mol. The maximum absolute atomic E-state index is 9.54. The Balaban J connectivity index is 2.46. The lowest BCUT2D eigenvalue weighted by molar-refractivity contribution is 0.152. The van der Waals surface area contributed by atoms with Crippen LogP contribution < -0.4 is 0 Å². The first kappa shape index (κ1) is 6.92. The summed E-state index contributed by atoms with van der Waals surface area (Å²) in [5, 5.41) is 9.54. The van der Waals surface area contributed by atoms with E-state index in [1.807, 2.05) is 6.20 Å². The predicted molar refractivity (Wildman–Crippen MR) is 43.4 cm³/mol. The van der Waals surface area contributed by atoms with Crippen LogP contribution in [0.25, 0.3) is 0 Å². The summed E-state index contributed by atoms with van der Waals surface area (Å²) in [5.74, 6) is 0. The molecular weight excluding hydrogens is 138 g/mol. The zero-order valence-electron chi connectivity index (χ0n) is 6.72. The number of nitrogens with one attached hydrogen (secondary N) is 1. The van der Waals surface area contributed by atoms with Gasteiger partial charge in [0.25, 0.3) is 0 Å². The highest BCUT2D eigenvalue weighted by Gasteiger charge is 2.20. The van der Waals surface area contributed by atoms with Gasteiger partial charge in [0.2, 0.25) is 0 Å². The minimum atomic E-state index is -0.243. The molecule has 0 saturated carbocycles. The molecule has 0 aliphatic heterocycles. The van der Waals surface area contributed by atoms with Crippen LogP contribution in [0.3, 0.4) is 0 Å². The van der Waals surface area contributed by atoms with Gasteiger partial charge >= 0.3 is 0 Å². The van der Waals surface area contributed by atoms with E-state index in [0.29, 0.717) is 0 Å². The summed E-state index contributed by atoms with van der Waals surface area (Å²) in [6.45, 7) is 2.09. The number of hydrogen-bond acceptors (Lipinski definition) is 1. The quantitative estimate of drug-likeness (QED) is 0.581. The highest BCUT2D eigenvalue weighted by molar-refractivity contribution is 5.32. The topological polar surface area (TPSA) is 36.0 Å². The van der Waals surface area contributed by atoms with E-state index in [4.69, 9.17) is 0 Å². The Bertz CT molecular complexity index is 265. The largest absolute Gasteiger partial charge is 0.387 e. The molecule has 1 atom stereocenters. The van der Waals surface area contributed by atoms with Crippen molar-refractivity contribution >= 4 is 0 Å². The lowest BCUT2D eigenvalue weighted by atomic mass is 9.93. The third-order valence-corrected chi connectivity index (χ3v) is 2.48. The third-order valence-electron chi connectivity index (χ3n) is 2.48. The molecule has 1 aromatic rings. The number of aliphatic hydroxyl groups excluding tert-OH is 1. The molecule has 0 fully saturated rings. The Morgan fingerprint density at radius 1 is 1.64 bits per heavy atom. The van der Waals surface area contributed by atoms with Crippen molar-refractivity contribution in [3.63, 3.8) is 0 Å². The molecule has 2 N–H and O–H groups in total. The van der Waals surface area contributed by atoms with Gasteiger partial charge in [-0.05, 0) is 37.3 Å². The van der Waals surface area contributed by atoms with Crippen LogP contribution in [0.1, 0.15) is 35.8 Å². The lowest BCUT2D eigenvalue weighted by Crippen LogP contribution is -2.08. The molecule has 1 aromatic heterocycles. The van der Waals surface area contributed by atoms with Crippen molar-refractivity contribution in [2.24, 2.45) is 0 Å². The molecule has 1 aliphatic rings. The number of rotatable bonds is 0. The molecule has 0 spiro atoms. The van der Waals surface area contributed by atoms with Crippen molar-refractivity contribution in [3.05, 3.63) is 23.0 Å². The summed E-state index contributed by atoms with van der Waals surface area (Å²) < 4.78 is 0. The van der Waals surface area contributed by atoms with E-state index < -0.39 is 0 Å². The van der Waals surface area contributed by atoms with Gasteiger partial charge in [0.15, 0.2) is 0 Å². The fraction of sp³-hybridized carbons (Fsp3) is 0.556. The number of aryl methyl sites for hydroxylation is 1. The highest BCUT2D eigenvalue weighted by Crippen LogP contribution is 2.30. The number of fused-ring (bicyclic) bond motifs is 1. The second kappa shape index (κ2) is 2.38. The van der Waals surface area contributed by atoms with Crippen LogP contribution in [0.5, 0.6) is 0 Å². The zero-order valence-corrected chi connectivity index (χ0v) is 6.72. The molecule has 60 valence electrons. The minimum Gasteiger partial charge on any atom is -0.387 e. The molecule has 0 radical (unpaired) electrons. The first-order chi connectivity index (χ1) is 5.29. The Kier molecular flexibility index (Phi) is 1.50. The zero-order chi connectivity index (χ0) is 7.84. The molecule has 1 aliphatic carbocycles. The predicted octanol–water partition coefficient (Wildman–Crippen LogP) is 1.69. The summed E-state index contributed by atoms with van der Waals surface area (Å²) in [7, 11) is 0. The van der Waals surface area contributed by atoms with Gasteiger partial charge in [-0.15, -0.1) is 0 Å². The van der Waals surface area contributed by atoms with Crippen molar-refractivity contribution in [2.45, 2.75) is 32.3 Å². The van der Waals surface area contributed by atoms with Gasteiger partial charge in [-0.25, -0.2) is 0 Å². The van der Waals surface area contributed by atoms with Gasteiger partial charge in [0.05, 0.1) is 6.10 Å². The molecule has 2 heteroatoms. The molecular formula is C9H13NO. The first-order valence-corrected chi connectivity index (χ1v) is 4.14. The summed E-state index contributed by atoms with van der Waals surface area (Å²) >= 11 is 0. The molecule has 1 heterocycles. The SMILES string of the molecule is Cc1c[nH]c2c1CCCC2O. The minimum absolute atomic E-state index is 0.243. The second-order valence-corrected chi connectivity index (χ2v) is 3.27. The molecule has 0 amide bonds. The number of aromatic amines is 1. The van der Waals surface area contributed by atoms with E-state index in [1.54, 1.807) is 0 Å². The van der Waals surface area contributed by atoms with Crippen molar-refractivity contribution in [1.82, 2.24) is 4.98 Å². The Labute approximate surface area is 66.3 Å². The number of aromatic nitrogens is 1. The summed E-state index contributed by atoms with van der Waals surface area (Å²) in [4.78, 5) is 3.13. The van der Waals surface area contributed by atoms with Crippen LogP contribution in [0.4, 0.5) is 0 Å². The van der Waals surface area contributed by atoms with E-state index in [9.17, 15) is 5.11 Å². The summed E-state index contributed by atoms with van der Waals surface area (Å²) in [6.07, 6.45) is 4.90. The van der Waals surface area contributed by atoms with E-state index in [2.05, 4.69) is 11.9 Å². The Morgan fingerprint density at radius 3 is 3.18 bits per heavy atom. The van der Waals surface area contributed by atoms with Gasteiger partial charge in [0.1, 0.15) is 0 Å². The average Bonchev–Trinajstić information content (AvgIpc) is 2.35. The normalized spacial score (nSPS) is 23.3. The van der Waals surface area contributed by atoms with Crippen molar-refractivity contribution in [1.29, 1.82) is 0 Å². The Hall–Kier alpha value is -0.760. The van der Waals surface area contributed by atoms with Crippen LogP contribution in [0.15, 0.2) is 6.20 Å². The second-order valence-electron chi connectivity index (χ2n) is 3.27. The smallest absolute Gasteiger partial charge is 0.0940 e. The van der Waals surface area contributed by atoms with Crippen LogP contribution in [-0.2, 0) is 6.42 Å². The Morgan fingerprint density at radius 2 is 2.45 bits per heavy atom.